The molecule has 3 nitrogen and oxygen atoms in total. The first-order valence-corrected chi connectivity index (χ1v) is 8.47. The molecule has 0 saturated carbocycles. The van der Waals surface area contributed by atoms with Crippen molar-refractivity contribution in [3.05, 3.63) is 36.0 Å². The second kappa shape index (κ2) is 8.57. The molecule has 0 atom stereocenters. The number of hydrogen-bond donors (Lipinski definition) is 0. The molecule has 0 spiro atoms. The number of hydrogen-bond acceptors (Lipinski definition) is 2. The monoisotopic (exact) mass is 315 g/mol. The van der Waals surface area contributed by atoms with Gasteiger partial charge in [0.05, 0.1) is 22.8 Å². The molecule has 1 aromatic carbocycles. The van der Waals surface area contributed by atoms with E-state index in [2.05, 4.69) is 46.9 Å². The molecule has 5 heteroatoms. The topological polar surface area (TPSA) is 23.4 Å². The fourth-order valence-electron chi connectivity index (χ4n) is 2.23. The highest BCUT2D eigenvalue weighted by Crippen LogP contribution is 2.23. The number of benzene rings is 1. The van der Waals surface area contributed by atoms with E-state index in [0.29, 0.717) is 6.79 Å². The van der Waals surface area contributed by atoms with Gasteiger partial charge in [-0.1, -0.05) is 18.2 Å². The molecule has 112 valence electrons. The Kier molecular flexibility index (Phi) is 7.45. The van der Waals surface area contributed by atoms with Gasteiger partial charge in [0, 0.05) is 19.1 Å². The first-order valence-electron chi connectivity index (χ1n) is 6.47. The predicted molar refractivity (Wildman–Crippen MR) is 82.7 cm³/mol. The number of fused-ring (bicyclic) bond motifs is 1. The zero-order valence-electron chi connectivity index (χ0n) is 12.3. The number of rotatable bonds is 7. The van der Waals surface area contributed by atoms with E-state index < -0.39 is 0 Å². The Morgan fingerprint density at radius 2 is 1.95 bits per heavy atom. The third-order valence-corrected chi connectivity index (χ3v) is 4.18. The summed E-state index contributed by atoms with van der Waals surface area (Å²) in [4.78, 5) is 0. The molecular formula is C15H22ClNO2S. The van der Waals surface area contributed by atoms with Crippen molar-refractivity contribution in [2.75, 3.05) is 33.0 Å². The van der Waals surface area contributed by atoms with Gasteiger partial charge in [-0.25, -0.2) is 0 Å². The number of methoxy groups -OCH3 is 1. The minimum Gasteiger partial charge on any atom is -1.00 e. The summed E-state index contributed by atoms with van der Waals surface area (Å²) in [6.45, 7) is 1.13. The molecule has 1 heterocycles. The fraction of sp³-hybridized carbons (Fsp3) is 0.467. The van der Waals surface area contributed by atoms with Crippen LogP contribution >= 0.6 is 0 Å². The second-order valence-electron chi connectivity index (χ2n) is 4.69. The number of nitrogens with zero attached hydrogens (tertiary/aromatic N) is 1. The van der Waals surface area contributed by atoms with E-state index in [1.807, 2.05) is 0 Å². The maximum Gasteiger partial charge on any atom is 0.146 e. The fourth-order valence-corrected chi connectivity index (χ4v) is 3.12. The number of ether oxygens (including phenoxy) is 2. The van der Waals surface area contributed by atoms with Gasteiger partial charge in [0.25, 0.3) is 0 Å². The summed E-state index contributed by atoms with van der Waals surface area (Å²) in [6.07, 6.45) is 8.87. The summed E-state index contributed by atoms with van der Waals surface area (Å²) in [5.74, 6) is 0. The second-order valence-corrected chi connectivity index (χ2v) is 6.63. The Hall–Kier alpha value is -0.680. The number of aromatic nitrogens is 1. The zero-order valence-corrected chi connectivity index (χ0v) is 13.8. The third kappa shape index (κ3) is 4.16. The summed E-state index contributed by atoms with van der Waals surface area (Å²) >= 11 is 0.222. The maximum atomic E-state index is 5.34. The minimum absolute atomic E-state index is 0. The molecule has 2 aromatic rings. The predicted octanol–water partition coefficient (Wildman–Crippen LogP) is -0.161. The van der Waals surface area contributed by atoms with Crippen molar-refractivity contribution in [2.24, 2.45) is 0 Å². The van der Waals surface area contributed by atoms with E-state index in [1.54, 1.807) is 7.11 Å². The molecule has 0 aliphatic rings. The zero-order chi connectivity index (χ0) is 13.7. The lowest BCUT2D eigenvalue weighted by atomic mass is 10.1. The molecular weight excluding hydrogens is 294 g/mol. The molecule has 0 radical (unpaired) electrons. The maximum absolute atomic E-state index is 5.34. The van der Waals surface area contributed by atoms with Crippen molar-refractivity contribution >= 4 is 22.0 Å². The van der Waals surface area contributed by atoms with Crippen LogP contribution in [0.5, 0.6) is 0 Å². The van der Waals surface area contributed by atoms with Crippen LogP contribution in [0.25, 0.3) is 10.9 Å². The van der Waals surface area contributed by atoms with Crippen LogP contribution in [0.3, 0.4) is 0 Å². The van der Waals surface area contributed by atoms with Gasteiger partial charge in [0.15, 0.2) is 0 Å². The average molecular weight is 316 g/mol. The van der Waals surface area contributed by atoms with Crippen LogP contribution in [-0.4, -0.2) is 37.0 Å². The third-order valence-electron chi connectivity index (χ3n) is 3.09. The van der Waals surface area contributed by atoms with E-state index in [9.17, 15) is 0 Å². The normalized spacial score (nSPS) is 11.0. The quantitative estimate of drug-likeness (QED) is 0.403. The van der Waals surface area contributed by atoms with Gasteiger partial charge < -0.3 is 21.9 Å². The smallest absolute Gasteiger partial charge is 0.146 e. The van der Waals surface area contributed by atoms with Gasteiger partial charge >= 0.3 is 0 Å². The number of halogens is 1. The van der Waals surface area contributed by atoms with Gasteiger partial charge in [0.1, 0.15) is 19.3 Å². The lowest BCUT2D eigenvalue weighted by Crippen LogP contribution is -3.00. The lowest BCUT2D eigenvalue weighted by molar-refractivity contribution is -0.0309. The van der Waals surface area contributed by atoms with Gasteiger partial charge in [-0.3, -0.25) is 0 Å². The van der Waals surface area contributed by atoms with E-state index >= 15 is 0 Å². The highest BCUT2D eigenvalue weighted by Gasteiger charge is 2.14. The van der Waals surface area contributed by atoms with Crippen molar-refractivity contribution in [2.45, 2.75) is 12.8 Å². The Balaban J connectivity index is 0.00000200. The molecule has 2 rings (SSSR count). The van der Waals surface area contributed by atoms with Crippen LogP contribution in [0.2, 0.25) is 0 Å². The van der Waals surface area contributed by atoms with Crippen molar-refractivity contribution in [1.82, 2.24) is 3.97 Å². The van der Waals surface area contributed by atoms with Gasteiger partial charge in [-0.05, 0) is 24.5 Å². The summed E-state index contributed by atoms with van der Waals surface area (Å²) in [7, 11) is 1.65. The number of aryl methyl sites for hydroxylation is 1. The van der Waals surface area contributed by atoms with E-state index in [-0.39, 0.29) is 23.5 Å². The minimum atomic E-state index is 0. The van der Waals surface area contributed by atoms with Crippen LogP contribution in [0.4, 0.5) is 0 Å². The Morgan fingerprint density at radius 1 is 1.20 bits per heavy atom. The van der Waals surface area contributed by atoms with Crippen molar-refractivity contribution in [3.8, 4) is 0 Å². The lowest BCUT2D eigenvalue weighted by Gasteiger charge is -2.01. The average Bonchev–Trinajstić information content (AvgIpc) is 2.78. The molecule has 1 aromatic heterocycles. The van der Waals surface area contributed by atoms with Gasteiger partial charge in [-0.15, -0.1) is 0 Å². The summed E-state index contributed by atoms with van der Waals surface area (Å²) in [5.41, 5.74) is 2.75. The van der Waals surface area contributed by atoms with Crippen molar-refractivity contribution < 1.29 is 21.9 Å². The number of para-hydroxylation sites is 1. The van der Waals surface area contributed by atoms with Gasteiger partial charge in [0.2, 0.25) is 0 Å². The van der Waals surface area contributed by atoms with Crippen LogP contribution in [0.1, 0.15) is 12.0 Å². The molecule has 0 bridgehead atoms. The standard InChI is InChI=1S/C15H22NO2S.ClH/c1-17-12-18-10-6-7-13-11-16(19(2)3)15-9-5-4-8-14(13)15;/h4-5,8-9,11H,6-7,10,12H2,1-3H3;1H/q+1;/p-1. The van der Waals surface area contributed by atoms with Crippen LogP contribution in [0.15, 0.2) is 30.5 Å². The largest absolute Gasteiger partial charge is 1.00 e. The van der Waals surface area contributed by atoms with E-state index in [0.717, 1.165) is 19.4 Å². The molecule has 0 saturated heterocycles. The van der Waals surface area contributed by atoms with Crippen LogP contribution in [-0.2, 0) is 27.0 Å². The molecule has 0 aliphatic carbocycles. The van der Waals surface area contributed by atoms with Crippen LogP contribution in [0, 0.1) is 0 Å². The summed E-state index contributed by atoms with van der Waals surface area (Å²) in [6, 6.07) is 8.63. The van der Waals surface area contributed by atoms with E-state index in [1.165, 1.54) is 16.5 Å². The first kappa shape index (κ1) is 17.4. The van der Waals surface area contributed by atoms with Gasteiger partial charge in [-0.2, -0.15) is 3.97 Å². The Morgan fingerprint density at radius 3 is 2.65 bits per heavy atom. The summed E-state index contributed by atoms with van der Waals surface area (Å²) in [5, 5.41) is 1.37. The van der Waals surface area contributed by atoms with E-state index in [4.69, 9.17) is 9.47 Å². The highest BCUT2D eigenvalue weighted by atomic mass is 35.5. The molecule has 20 heavy (non-hydrogen) atoms. The SMILES string of the molecule is COCOCCCc1cn([S+](C)C)c2ccccc12.[Cl-]. The highest BCUT2D eigenvalue weighted by molar-refractivity contribution is 7.94. The Labute approximate surface area is 130 Å². The van der Waals surface area contributed by atoms with Crippen molar-refractivity contribution in [3.63, 3.8) is 0 Å². The molecule has 0 amide bonds. The molecule has 0 fully saturated rings. The molecule has 0 aliphatic heterocycles. The van der Waals surface area contributed by atoms with Crippen molar-refractivity contribution in [1.29, 1.82) is 0 Å². The summed E-state index contributed by atoms with van der Waals surface area (Å²) < 4.78 is 12.6. The molecule has 0 unspecified atom stereocenters. The molecule has 0 N–H and O–H groups in total. The Bertz CT molecular complexity index is 528. The first-order chi connectivity index (χ1) is 9.24. The van der Waals surface area contributed by atoms with Crippen LogP contribution < -0.4 is 12.4 Å².